The zero-order valence-electron chi connectivity index (χ0n) is 16.6. The average molecular weight is 419 g/mol. The van der Waals surface area contributed by atoms with Crippen LogP contribution in [-0.2, 0) is 11.2 Å². The SMILES string of the molecule is CBc1cnn2c(NCCNC(=O)Cc3ccsc3)cc(-c3ccccc3O)nc12. The van der Waals surface area contributed by atoms with Crippen LogP contribution in [0.25, 0.3) is 16.9 Å². The van der Waals surface area contributed by atoms with Gasteiger partial charge in [-0.05, 0) is 40.0 Å². The molecule has 4 rings (SSSR count). The second-order valence-corrected chi connectivity index (χ2v) is 7.67. The first-order chi connectivity index (χ1) is 14.7. The van der Waals surface area contributed by atoms with Crippen molar-refractivity contribution in [3.05, 3.63) is 58.9 Å². The number of para-hydroxylation sites is 1. The van der Waals surface area contributed by atoms with Gasteiger partial charge in [0.2, 0.25) is 5.91 Å². The van der Waals surface area contributed by atoms with Crippen molar-refractivity contribution in [3.63, 3.8) is 0 Å². The van der Waals surface area contributed by atoms with Crippen molar-refractivity contribution in [1.29, 1.82) is 0 Å². The van der Waals surface area contributed by atoms with Crippen LogP contribution in [-0.4, -0.2) is 46.0 Å². The molecule has 30 heavy (non-hydrogen) atoms. The molecule has 0 radical (unpaired) electrons. The third kappa shape index (κ3) is 4.31. The number of phenolic OH excluding ortho intramolecular Hbond substituents is 1. The van der Waals surface area contributed by atoms with E-state index >= 15 is 0 Å². The first-order valence-electron chi connectivity index (χ1n) is 9.83. The van der Waals surface area contributed by atoms with Crippen LogP contribution in [0.3, 0.4) is 0 Å². The van der Waals surface area contributed by atoms with E-state index in [0.29, 0.717) is 30.8 Å². The van der Waals surface area contributed by atoms with E-state index in [0.717, 1.165) is 29.8 Å². The Morgan fingerprint density at radius 3 is 2.90 bits per heavy atom. The number of aromatic nitrogens is 3. The lowest BCUT2D eigenvalue weighted by molar-refractivity contribution is -0.120. The lowest BCUT2D eigenvalue weighted by Crippen LogP contribution is -2.30. The van der Waals surface area contributed by atoms with E-state index in [9.17, 15) is 9.90 Å². The summed E-state index contributed by atoms with van der Waals surface area (Å²) in [5, 5.41) is 24.9. The largest absolute Gasteiger partial charge is 0.507 e. The fraction of sp³-hybridized carbons (Fsp3) is 0.190. The molecule has 0 spiro atoms. The van der Waals surface area contributed by atoms with Crippen LogP contribution < -0.4 is 16.1 Å². The van der Waals surface area contributed by atoms with Gasteiger partial charge in [-0.1, -0.05) is 19.0 Å². The van der Waals surface area contributed by atoms with Crippen molar-refractivity contribution >= 4 is 41.5 Å². The molecular formula is C21H22BN5O2S. The van der Waals surface area contributed by atoms with Gasteiger partial charge in [0.05, 0.1) is 12.1 Å². The average Bonchev–Trinajstić information content (AvgIpc) is 3.40. The molecule has 0 aliphatic heterocycles. The molecule has 0 aliphatic carbocycles. The molecule has 3 heterocycles. The zero-order valence-corrected chi connectivity index (χ0v) is 17.4. The summed E-state index contributed by atoms with van der Waals surface area (Å²) in [6, 6.07) is 11.0. The smallest absolute Gasteiger partial charge is 0.224 e. The molecule has 7 nitrogen and oxygen atoms in total. The van der Waals surface area contributed by atoms with E-state index in [2.05, 4.69) is 22.6 Å². The highest BCUT2D eigenvalue weighted by Crippen LogP contribution is 2.29. The summed E-state index contributed by atoms with van der Waals surface area (Å²) in [6.07, 6.45) is 2.20. The Hall–Kier alpha value is -3.33. The number of carbonyl (C=O) groups is 1. The number of fused-ring (bicyclic) bond motifs is 1. The molecular weight excluding hydrogens is 397 g/mol. The van der Waals surface area contributed by atoms with Gasteiger partial charge in [-0.25, -0.2) is 4.98 Å². The monoisotopic (exact) mass is 419 g/mol. The van der Waals surface area contributed by atoms with Crippen molar-refractivity contribution in [1.82, 2.24) is 19.9 Å². The van der Waals surface area contributed by atoms with Crippen LogP contribution in [0.4, 0.5) is 5.82 Å². The maximum Gasteiger partial charge on any atom is 0.224 e. The van der Waals surface area contributed by atoms with Crippen LogP contribution in [0.5, 0.6) is 5.75 Å². The van der Waals surface area contributed by atoms with Gasteiger partial charge in [-0.2, -0.15) is 21.0 Å². The molecule has 3 aromatic heterocycles. The number of anilines is 1. The van der Waals surface area contributed by atoms with Gasteiger partial charge >= 0.3 is 0 Å². The molecule has 0 aliphatic rings. The van der Waals surface area contributed by atoms with Crippen molar-refractivity contribution in [2.75, 3.05) is 18.4 Å². The van der Waals surface area contributed by atoms with Crippen molar-refractivity contribution in [3.8, 4) is 17.0 Å². The predicted molar refractivity (Wildman–Crippen MR) is 122 cm³/mol. The fourth-order valence-electron chi connectivity index (χ4n) is 3.25. The molecule has 0 unspecified atom stereocenters. The number of carbonyl (C=O) groups excluding carboxylic acids is 1. The van der Waals surface area contributed by atoms with Gasteiger partial charge in [-0.15, -0.1) is 0 Å². The van der Waals surface area contributed by atoms with Crippen LogP contribution in [0.1, 0.15) is 5.56 Å². The molecule has 0 atom stereocenters. The van der Waals surface area contributed by atoms with Gasteiger partial charge in [-0.3, -0.25) is 4.79 Å². The summed E-state index contributed by atoms with van der Waals surface area (Å²) >= 11 is 1.59. The first kappa shape index (κ1) is 20.0. The van der Waals surface area contributed by atoms with E-state index in [1.54, 1.807) is 28.0 Å². The van der Waals surface area contributed by atoms with Crippen LogP contribution >= 0.6 is 11.3 Å². The molecule has 0 saturated heterocycles. The Labute approximate surface area is 179 Å². The highest BCUT2D eigenvalue weighted by atomic mass is 32.1. The van der Waals surface area contributed by atoms with Gasteiger partial charge in [0, 0.05) is 30.9 Å². The second kappa shape index (κ2) is 9.00. The van der Waals surface area contributed by atoms with Crippen LogP contribution in [0.2, 0.25) is 6.82 Å². The van der Waals surface area contributed by atoms with Gasteiger partial charge < -0.3 is 15.7 Å². The number of benzene rings is 1. The maximum absolute atomic E-state index is 12.1. The molecule has 9 heteroatoms. The molecule has 0 fully saturated rings. The fourth-order valence-corrected chi connectivity index (χ4v) is 3.91. The zero-order chi connectivity index (χ0) is 20.9. The molecule has 0 saturated carbocycles. The molecule has 4 aromatic rings. The predicted octanol–water partition coefficient (Wildman–Crippen LogP) is 2.04. The summed E-state index contributed by atoms with van der Waals surface area (Å²) in [5.41, 5.74) is 4.13. The Balaban J connectivity index is 1.50. The maximum atomic E-state index is 12.1. The van der Waals surface area contributed by atoms with Gasteiger partial charge in [0.25, 0.3) is 0 Å². The van der Waals surface area contributed by atoms with E-state index in [1.807, 2.05) is 41.2 Å². The minimum Gasteiger partial charge on any atom is -0.507 e. The number of nitrogens with one attached hydrogen (secondary N) is 2. The number of nitrogens with zero attached hydrogens (tertiary/aromatic N) is 3. The Bertz CT molecular complexity index is 1160. The van der Waals surface area contributed by atoms with E-state index in [1.165, 1.54) is 0 Å². The summed E-state index contributed by atoms with van der Waals surface area (Å²) in [5.74, 6) is 0.931. The summed E-state index contributed by atoms with van der Waals surface area (Å²) in [7, 11) is 0.804. The highest BCUT2D eigenvalue weighted by Gasteiger charge is 2.14. The molecule has 1 aromatic carbocycles. The lowest BCUT2D eigenvalue weighted by atomic mass is 9.75. The second-order valence-electron chi connectivity index (χ2n) is 6.89. The normalized spacial score (nSPS) is 10.8. The molecule has 1 amide bonds. The lowest BCUT2D eigenvalue weighted by Gasteiger charge is -2.12. The highest BCUT2D eigenvalue weighted by molar-refractivity contribution is 7.08. The quantitative estimate of drug-likeness (QED) is 0.300. The number of amides is 1. The molecule has 152 valence electrons. The minimum atomic E-state index is -0.00247. The Kier molecular flexibility index (Phi) is 5.99. The minimum absolute atomic E-state index is 0.00247. The summed E-state index contributed by atoms with van der Waals surface area (Å²) in [4.78, 5) is 16.8. The van der Waals surface area contributed by atoms with Crippen molar-refractivity contribution in [2.24, 2.45) is 0 Å². The number of aromatic hydroxyl groups is 1. The summed E-state index contributed by atoms with van der Waals surface area (Å²) < 4.78 is 1.76. The third-order valence-corrected chi connectivity index (χ3v) is 5.54. The van der Waals surface area contributed by atoms with Crippen molar-refractivity contribution < 1.29 is 9.90 Å². The topological polar surface area (TPSA) is 91.5 Å². The summed E-state index contributed by atoms with van der Waals surface area (Å²) in [6.45, 7) is 3.08. The number of thiophene rings is 1. The first-order valence-corrected chi connectivity index (χ1v) is 10.8. The van der Waals surface area contributed by atoms with Gasteiger partial charge in [0.1, 0.15) is 11.6 Å². The molecule has 0 bridgehead atoms. The number of rotatable bonds is 8. The number of hydrogen-bond donors (Lipinski definition) is 3. The van der Waals surface area contributed by atoms with E-state index in [-0.39, 0.29) is 11.7 Å². The number of hydrogen-bond acceptors (Lipinski definition) is 6. The van der Waals surface area contributed by atoms with Crippen LogP contribution in [0, 0.1) is 0 Å². The van der Waals surface area contributed by atoms with Gasteiger partial charge in [0.15, 0.2) is 12.9 Å². The van der Waals surface area contributed by atoms with E-state index < -0.39 is 0 Å². The van der Waals surface area contributed by atoms with E-state index in [4.69, 9.17) is 4.98 Å². The Morgan fingerprint density at radius 1 is 1.27 bits per heavy atom. The Morgan fingerprint density at radius 2 is 2.13 bits per heavy atom. The van der Waals surface area contributed by atoms with Crippen LogP contribution in [0.15, 0.2) is 53.4 Å². The van der Waals surface area contributed by atoms with Crippen molar-refractivity contribution in [2.45, 2.75) is 13.2 Å². The third-order valence-electron chi connectivity index (χ3n) is 4.80. The molecule has 3 N–H and O–H groups in total. The standard InChI is InChI=1S/C21H22BN5O2S/c1-22-16-12-25-27-19(23-7-8-24-20(29)10-14-6-9-30-13-14)11-17(26-21(16)27)15-4-2-3-5-18(15)28/h2-6,9,11-13,22-23,28H,7-8,10H2,1H3,(H,24,29). The number of phenols is 1.